The summed E-state index contributed by atoms with van der Waals surface area (Å²) in [5.41, 5.74) is 6.31. The first-order chi connectivity index (χ1) is 24.8. The molecule has 0 unspecified atom stereocenters. The lowest BCUT2D eigenvalue weighted by atomic mass is 9.89. The Kier molecular flexibility index (Phi) is 6.35. The van der Waals surface area contributed by atoms with E-state index in [1.807, 2.05) is 48.7 Å². The molecule has 0 amide bonds. The maximum absolute atomic E-state index is 5.40. The Labute approximate surface area is 286 Å². The molecular formula is C43H25N7. The van der Waals surface area contributed by atoms with E-state index in [9.17, 15) is 0 Å². The SMILES string of the molecule is c1cnc(-c2c3ccccc3c(-c3ccnc(-c4c5ccccc5nc5c(-c6ncccn6)c6ccccc6cc45)n3)c3ccccc23)nc1. The topological polar surface area (TPSA) is 90.2 Å². The van der Waals surface area contributed by atoms with Crippen LogP contribution in [0.5, 0.6) is 0 Å². The molecule has 0 saturated carbocycles. The van der Waals surface area contributed by atoms with Crippen molar-refractivity contribution in [2.75, 3.05) is 0 Å². The molecule has 0 atom stereocenters. The molecule has 4 heterocycles. The Morgan fingerprint density at radius 1 is 0.320 bits per heavy atom. The third kappa shape index (κ3) is 4.34. The zero-order valence-corrected chi connectivity index (χ0v) is 26.6. The zero-order chi connectivity index (χ0) is 33.0. The van der Waals surface area contributed by atoms with Crippen LogP contribution in [-0.2, 0) is 0 Å². The van der Waals surface area contributed by atoms with Crippen LogP contribution in [0.3, 0.4) is 0 Å². The second-order valence-electron chi connectivity index (χ2n) is 12.1. The summed E-state index contributed by atoms with van der Waals surface area (Å²) in [5.74, 6) is 1.93. The normalized spacial score (nSPS) is 11.6. The van der Waals surface area contributed by atoms with Crippen LogP contribution in [0.4, 0.5) is 0 Å². The molecule has 10 rings (SSSR count). The van der Waals surface area contributed by atoms with Gasteiger partial charge in [-0.15, -0.1) is 0 Å². The number of hydrogen-bond acceptors (Lipinski definition) is 7. The van der Waals surface area contributed by atoms with Gasteiger partial charge in [-0.3, -0.25) is 0 Å². The van der Waals surface area contributed by atoms with Gasteiger partial charge in [0.1, 0.15) is 0 Å². The van der Waals surface area contributed by atoms with Gasteiger partial charge in [0.15, 0.2) is 17.5 Å². The maximum Gasteiger partial charge on any atom is 0.161 e. The van der Waals surface area contributed by atoms with E-state index in [4.69, 9.17) is 15.0 Å². The van der Waals surface area contributed by atoms with Crippen LogP contribution in [0.2, 0.25) is 0 Å². The second-order valence-corrected chi connectivity index (χ2v) is 12.1. The highest BCUT2D eigenvalue weighted by Gasteiger charge is 2.22. The Morgan fingerprint density at radius 3 is 1.48 bits per heavy atom. The molecule has 0 spiro atoms. The first-order valence-corrected chi connectivity index (χ1v) is 16.4. The van der Waals surface area contributed by atoms with Crippen LogP contribution in [0.25, 0.3) is 99.5 Å². The molecule has 0 N–H and O–H groups in total. The Morgan fingerprint density at radius 2 is 0.820 bits per heavy atom. The summed E-state index contributed by atoms with van der Waals surface area (Å²) in [6, 6.07) is 41.2. The van der Waals surface area contributed by atoms with Gasteiger partial charge in [0.25, 0.3) is 0 Å². The lowest BCUT2D eigenvalue weighted by molar-refractivity contribution is 1.18. The number of para-hydroxylation sites is 1. The standard InChI is InChI=1S/C43H25N7/c1-2-12-27-26(11-1)25-33-38(32-17-7-8-18-34(32)49-40(33)39(27)42-46-22-10-23-47-42)43-48-24-19-35(50-43)36-28-13-3-5-15-30(28)37(41-44-20-9-21-45-41)31-16-6-4-14-29(31)36/h1-25H. The van der Waals surface area contributed by atoms with Crippen LogP contribution in [-0.4, -0.2) is 34.9 Å². The van der Waals surface area contributed by atoms with Crippen molar-refractivity contribution in [3.63, 3.8) is 0 Å². The van der Waals surface area contributed by atoms with E-state index in [-0.39, 0.29) is 0 Å². The fraction of sp³-hybridized carbons (Fsp3) is 0. The van der Waals surface area contributed by atoms with Gasteiger partial charge in [0, 0.05) is 58.4 Å². The Hall–Kier alpha value is -6.99. The summed E-state index contributed by atoms with van der Waals surface area (Å²) in [6.07, 6.45) is 8.98. The largest absolute Gasteiger partial charge is 0.247 e. The van der Waals surface area contributed by atoms with Crippen molar-refractivity contribution >= 4 is 54.1 Å². The van der Waals surface area contributed by atoms with Gasteiger partial charge in [-0.1, -0.05) is 91.0 Å². The van der Waals surface area contributed by atoms with Crippen LogP contribution in [0.15, 0.2) is 152 Å². The number of nitrogens with zero attached hydrogens (tertiary/aromatic N) is 7. The zero-order valence-electron chi connectivity index (χ0n) is 26.6. The van der Waals surface area contributed by atoms with E-state index in [2.05, 4.69) is 98.8 Å². The third-order valence-electron chi connectivity index (χ3n) is 9.34. The molecule has 7 nitrogen and oxygen atoms in total. The summed E-state index contributed by atoms with van der Waals surface area (Å²) in [4.78, 5) is 34.3. The number of rotatable bonds is 4. The first kappa shape index (κ1) is 28.1. The van der Waals surface area contributed by atoms with Gasteiger partial charge in [-0.25, -0.2) is 34.9 Å². The van der Waals surface area contributed by atoms with Crippen molar-refractivity contribution in [2.24, 2.45) is 0 Å². The van der Waals surface area contributed by atoms with Crippen molar-refractivity contribution in [2.45, 2.75) is 0 Å². The Bertz CT molecular complexity index is 2870. The van der Waals surface area contributed by atoms with Crippen LogP contribution in [0.1, 0.15) is 0 Å². The highest BCUT2D eigenvalue weighted by Crippen LogP contribution is 2.44. The van der Waals surface area contributed by atoms with Gasteiger partial charge >= 0.3 is 0 Å². The highest BCUT2D eigenvalue weighted by molar-refractivity contribution is 6.21. The fourth-order valence-electron chi connectivity index (χ4n) is 7.28. The molecule has 0 aliphatic rings. The van der Waals surface area contributed by atoms with Crippen molar-refractivity contribution in [3.05, 3.63) is 152 Å². The van der Waals surface area contributed by atoms with E-state index in [0.29, 0.717) is 17.5 Å². The predicted octanol–water partition coefficient (Wildman–Crippen LogP) is 9.89. The third-order valence-corrected chi connectivity index (χ3v) is 9.34. The van der Waals surface area contributed by atoms with E-state index in [0.717, 1.165) is 82.1 Å². The van der Waals surface area contributed by atoms with E-state index >= 15 is 0 Å². The molecule has 0 radical (unpaired) electrons. The van der Waals surface area contributed by atoms with Crippen LogP contribution >= 0.6 is 0 Å². The summed E-state index contributed by atoms with van der Waals surface area (Å²) in [5, 5.41) is 8.27. The molecule has 6 aromatic carbocycles. The predicted molar refractivity (Wildman–Crippen MR) is 200 cm³/mol. The molecule has 0 aliphatic carbocycles. The average Bonchev–Trinajstić information content (AvgIpc) is 3.18. The van der Waals surface area contributed by atoms with Crippen molar-refractivity contribution < 1.29 is 0 Å². The number of aromatic nitrogens is 7. The van der Waals surface area contributed by atoms with Gasteiger partial charge in [0.2, 0.25) is 0 Å². The summed E-state index contributed by atoms with van der Waals surface area (Å²) in [7, 11) is 0. The summed E-state index contributed by atoms with van der Waals surface area (Å²) >= 11 is 0. The number of fused-ring (bicyclic) bond motifs is 5. The highest BCUT2D eigenvalue weighted by atomic mass is 14.9. The summed E-state index contributed by atoms with van der Waals surface area (Å²) in [6.45, 7) is 0. The molecule has 50 heavy (non-hydrogen) atoms. The Balaban J connectivity index is 1.30. The maximum atomic E-state index is 5.40. The lowest BCUT2D eigenvalue weighted by Gasteiger charge is -2.17. The fourth-order valence-corrected chi connectivity index (χ4v) is 7.28. The van der Waals surface area contributed by atoms with Gasteiger partial charge in [-0.2, -0.15) is 0 Å². The van der Waals surface area contributed by atoms with Crippen molar-refractivity contribution in [3.8, 4) is 45.4 Å². The minimum absolute atomic E-state index is 0.616. The van der Waals surface area contributed by atoms with Crippen molar-refractivity contribution in [1.82, 2.24) is 34.9 Å². The molecule has 0 bridgehead atoms. The van der Waals surface area contributed by atoms with Crippen LogP contribution < -0.4 is 0 Å². The summed E-state index contributed by atoms with van der Waals surface area (Å²) < 4.78 is 0. The van der Waals surface area contributed by atoms with Gasteiger partial charge < -0.3 is 0 Å². The number of pyridine rings is 1. The van der Waals surface area contributed by atoms with E-state index in [1.165, 1.54) is 0 Å². The van der Waals surface area contributed by atoms with Crippen molar-refractivity contribution in [1.29, 1.82) is 0 Å². The van der Waals surface area contributed by atoms with Crippen LogP contribution in [0, 0.1) is 0 Å². The number of benzene rings is 6. The molecule has 232 valence electrons. The minimum atomic E-state index is 0.616. The molecule has 7 heteroatoms. The average molecular weight is 640 g/mol. The first-order valence-electron chi connectivity index (χ1n) is 16.4. The smallest absolute Gasteiger partial charge is 0.161 e. The molecule has 0 fully saturated rings. The molecule has 4 aromatic heterocycles. The quantitative estimate of drug-likeness (QED) is 0.177. The second kappa shape index (κ2) is 11.3. The minimum Gasteiger partial charge on any atom is -0.247 e. The monoisotopic (exact) mass is 639 g/mol. The van der Waals surface area contributed by atoms with E-state index in [1.54, 1.807) is 24.8 Å². The van der Waals surface area contributed by atoms with Gasteiger partial charge in [0.05, 0.1) is 22.3 Å². The number of hydrogen-bond donors (Lipinski definition) is 0. The lowest BCUT2D eigenvalue weighted by Crippen LogP contribution is -1.99. The molecule has 0 aliphatic heterocycles. The molecule has 0 saturated heterocycles. The molecular weight excluding hydrogens is 615 g/mol. The van der Waals surface area contributed by atoms with Gasteiger partial charge in [-0.05, 0) is 62.6 Å². The molecule has 10 aromatic rings. The van der Waals surface area contributed by atoms with E-state index < -0.39 is 0 Å².